The first-order valence-corrected chi connectivity index (χ1v) is 6.27. The molecule has 104 valence electrons. The highest BCUT2D eigenvalue weighted by Gasteiger charge is 2.26. The number of anilines is 1. The molecule has 0 unspecified atom stereocenters. The molecule has 1 aromatic heterocycles. The lowest BCUT2D eigenvalue weighted by molar-refractivity contribution is -0.125. The third kappa shape index (κ3) is 3.90. The molecule has 0 aliphatic carbocycles. The number of rotatable bonds is 5. The maximum absolute atomic E-state index is 12.0. The molecule has 0 bridgehead atoms. The maximum atomic E-state index is 12.0. The van der Waals surface area contributed by atoms with Gasteiger partial charge in [0, 0.05) is 17.2 Å². The summed E-state index contributed by atoms with van der Waals surface area (Å²) in [4.78, 5) is 27.2. The first kappa shape index (κ1) is 15.4. The number of aromatic nitrogens is 1. The van der Waals surface area contributed by atoms with E-state index in [2.05, 4.69) is 31.7 Å². The van der Waals surface area contributed by atoms with Gasteiger partial charge in [-0.05, 0) is 35.8 Å². The molecule has 0 saturated heterocycles. The predicted molar refractivity (Wildman–Crippen MR) is 75.1 cm³/mol. The molecule has 0 spiro atoms. The van der Waals surface area contributed by atoms with E-state index >= 15 is 0 Å². The Morgan fingerprint density at radius 1 is 1.47 bits per heavy atom. The summed E-state index contributed by atoms with van der Waals surface area (Å²) in [5.74, 6) is 4.65. The lowest BCUT2D eigenvalue weighted by atomic mass is 9.92. The molecule has 6 N–H and O–H groups in total. The van der Waals surface area contributed by atoms with E-state index in [0.29, 0.717) is 4.47 Å². The van der Waals surface area contributed by atoms with Crippen LogP contribution in [0.1, 0.15) is 24.2 Å². The number of hydrogen-bond donors (Lipinski definition) is 4. The van der Waals surface area contributed by atoms with Crippen LogP contribution in [0.4, 0.5) is 5.82 Å². The molecule has 1 aromatic rings. The Morgan fingerprint density at radius 3 is 2.63 bits per heavy atom. The molecule has 2 amide bonds. The number of nitrogens with two attached hydrogens (primary N) is 2. The summed E-state index contributed by atoms with van der Waals surface area (Å²) >= 11 is 3.22. The zero-order chi connectivity index (χ0) is 14.6. The Bertz CT molecular complexity index is 504. The zero-order valence-electron chi connectivity index (χ0n) is 10.7. The van der Waals surface area contributed by atoms with Gasteiger partial charge in [-0.1, -0.05) is 0 Å². The topological polar surface area (TPSA) is 123 Å². The van der Waals surface area contributed by atoms with Crippen LogP contribution in [-0.2, 0) is 4.79 Å². The van der Waals surface area contributed by atoms with Crippen molar-refractivity contribution in [2.75, 3.05) is 12.0 Å². The van der Waals surface area contributed by atoms with Crippen molar-refractivity contribution in [3.63, 3.8) is 0 Å². The number of primary amides is 1. The van der Waals surface area contributed by atoms with E-state index in [4.69, 9.17) is 11.6 Å². The maximum Gasteiger partial charge on any atom is 0.255 e. The van der Waals surface area contributed by atoms with Crippen LogP contribution in [0, 0.1) is 5.41 Å². The normalized spacial score (nSPS) is 10.9. The van der Waals surface area contributed by atoms with Crippen molar-refractivity contribution in [3.05, 3.63) is 22.3 Å². The largest absolute Gasteiger partial charge is 0.369 e. The van der Waals surface area contributed by atoms with E-state index in [9.17, 15) is 9.59 Å². The second-order valence-electron chi connectivity index (χ2n) is 4.62. The minimum Gasteiger partial charge on any atom is -0.369 e. The fourth-order valence-electron chi connectivity index (χ4n) is 1.21. The van der Waals surface area contributed by atoms with Crippen molar-refractivity contribution in [3.8, 4) is 0 Å². The molecule has 19 heavy (non-hydrogen) atoms. The highest BCUT2D eigenvalue weighted by Crippen LogP contribution is 2.18. The van der Waals surface area contributed by atoms with Gasteiger partial charge in [-0.3, -0.25) is 9.59 Å². The molecule has 1 heterocycles. The molecule has 8 heteroatoms. The Labute approximate surface area is 119 Å². The monoisotopic (exact) mass is 329 g/mol. The molecule has 0 radical (unpaired) electrons. The summed E-state index contributed by atoms with van der Waals surface area (Å²) in [6.45, 7) is 3.42. The van der Waals surface area contributed by atoms with Crippen LogP contribution < -0.4 is 22.3 Å². The Hall–Kier alpha value is -1.67. The molecule has 7 nitrogen and oxygen atoms in total. The van der Waals surface area contributed by atoms with Gasteiger partial charge in [0.15, 0.2) is 5.82 Å². The average Bonchev–Trinajstić information content (AvgIpc) is 2.35. The molecule has 1 rings (SSSR count). The second-order valence-corrected chi connectivity index (χ2v) is 5.54. The molecule has 0 fully saturated rings. The molecule has 0 saturated carbocycles. The van der Waals surface area contributed by atoms with Gasteiger partial charge in [0.25, 0.3) is 5.91 Å². The van der Waals surface area contributed by atoms with Gasteiger partial charge >= 0.3 is 0 Å². The van der Waals surface area contributed by atoms with Gasteiger partial charge in [-0.2, -0.15) is 0 Å². The quantitative estimate of drug-likeness (QED) is 0.459. The van der Waals surface area contributed by atoms with E-state index in [1.165, 1.54) is 6.20 Å². The summed E-state index contributed by atoms with van der Waals surface area (Å²) in [7, 11) is 0. The number of nitrogen functional groups attached to an aromatic ring is 1. The fraction of sp³-hybridized carbons (Fsp3) is 0.364. The van der Waals surface area contributed by atoms with Gasteiger partial charge < -0.3 is 16.5 Å². The Balaban J connectivity index is 2.84. The van der Waals surface area contributed by atoms with Gasteiger partial charge in [0.2, 0.25) is 5.91 Å². The van der Waals surface area contributed by atoms with E-state index in [1.54, 1.807) is 19.9 Å². The summed E-state index contributed by atoms with van der Waals surface area (Å²) < 4.78 is 0.644. The van der Waals surface area contributed by atoms with Crippen molar-refractivity contribution in [1.29, 1.82) is 0 Å². The van der Waals surface area contributed by atoms with Gasteiger partial charge in [0.1, 0.15) is 0 Å². The summed E-state index contributed by atoms with van der Waals surface area (Å²) in [5, 5.41) is 2.63. The van der Waals surface area contributed by atoms with Crippen LogP contribution >= 0.6 is 15.9 Å². The second kappa shape index (κ2) is 5.98. The van der Waals surface area contributed by atoms with Crippen LogP contribution in [0.15, 0.2) is 16.7 Å². The molecule has 0 atom stereocenters. The first-order chi connectivity index (χ1) is 8.77. The fourth-order valence-corrected chi connectivity index (χ4v) is 1.54. The van der Waals surface area contributed by atoms with Crippen molar-refractivity contribution >= 4 is 33.6 Å². The summed E-state index contributed by atoms with van der Waals surface area (Å²) in [6.07, 6.45) is 1.51. The van der Waals surface area contributed by atoms with Crippen LogP contribution in [0.2, 0.25) is 0 Å². The molecular weight excluding hydrogens is 314 g/mol. The number of carbonyl (C=O) groups excluding carboxylic acids is 2. The minimum atomic E-state index is -0.828. The zero-order valence-corrected chi connectivity index (χ0v) is 12.2. The predicted octanol–water partition coefficient (Wildman–Crippen LogP) is 0.371. The highest BCUT2D eigenvalue weighted by atomic mass is 79.9. The number of halogens is 1. The van der Waals surface area contributed by atoms with Gasteiger partial charge in [0.05, 0.1) is 11.0 Å². The third-order valence-electron chi connectivity index (χ3n) is 2.59. The number of pyridine rings is 1. The van der Waals surface area contributed by atoms with E-state index in [0.717, 1.165) is 0 Å². The van der Waals surface area contributed by atoms with Crippen LogP contribution in [0.3, 0.4) is 0 Å². The lowest BCUT2D eigenvalue weighted by Gasteiger charge is -2.21. The number of nitrogens with zero attached hydrogens (tertiary/aromatic N) is 1. The highest BCUT2D eigenvalue weighted by molar-refractivity contribution is 9.10. The van der Waals surface area contributed by atoms with Crippen molar-refractivity contribution < 1.29 is 9.59 Å². The van der Waals surface area contributed by atoms with Gasteiger partial charge in [-0.25, -0.2) is 10.8 Å². The lowest BCUT2D eigenvalue weighted by Crippen LogP contribution is -2.42. The first-order valence-electron chi connectivity index (χ1n) is 5.48. The summed E-state index contributed by atoms with van der Waals surface area (Å²) in [6, 6.07) is 1.58. The minimum absolute atomic E-state index is 0.123. The number of nitrogens with one attached hydrogen (secondary N) is 2. The molecule has 0 aliphatic rings. The number of hydrazine groups is 1. The van der Waals surface area contributed by atoms with Crippen LogP contribution in [-0.4, -0.2) is 23.3 Å². The van der Waals surface area contributed by atoms with Crippen molar-refractivity contribution in [2.45, 2.75) is 13.8 Å². The molecular formula is C11H16BrN5O2. The summed E-state index contributed by atoms with van der Waals surface area (Å²) in [5.41, 5.74) is 7.02. The standard InChI is InChI=1S/C11H16BrN5O2/c1-11(2,10(13)19)5-16-9(18)7-3-6(12)4-15-8(7)17-14/h3-4H,5,14H2,1-2H3,(H2,13,19)(H,15,17)(H,16,18). The van der Waals surface area contributed by atoms with E-state index < -0.39 is 17.2 Å². The van der Waals surface area contributed by atoms with Gasteiger partial charge in [-0.15, -0.1) is 0 Å². The average molecular weight is 330 g/mol. The smallest absolute Gasteiger partial charge is 0.255 e. The van der Waals surface area contributed by atoms with Crippen LogP contribution in [0.5, 0.6) is 0 Å². The van der Waals surface area contributed by atoms with Crippen molar-refractivity contribution in [2.24, 2.45) is 17.0 Å². The number of carbonyl (C=O) groups is 2. The SMILES string of the molecule is CC(C)(CNC(=O)c1cc(Br)cnc1NN)C(N)=O. The van der Waals surface area contributed by atoms with E-state index in [-0.39, 0.29) is 17.9 Å². The number of hydrogen-bond acceptors (Lipinski definition) is 5. The number of amides is 2. The molecule has 0 aliphatic heterocycles. The van der Waals surface area contributed by atoms with Crippen LogP contribution in [0.25, 0.3) is 0 Å². The van der Waals surface area contributed by atoms with Crippen molar-refractivity contribution in [1.82, 2.24) is 10.3 Å². The molecule has 0 aromatic carbocycles. The Kier molecular flexibility index (Phi) is 4.84. The van der Waals surface area contributed by atoms with E-state index in [1.807, 2.05) is 0 Å². The third-order valence-corrected chi connectivity index (χ3v) is 3.03. The Morgan fingerprint density at radius 2 is 2.11 bits per heavy atom.